The third kappa shape index (κ3) is 4.63. The predicted molar refractivity (Wildman–Crippen MR) is 98.4 cm³/mol. The maximum absolute atomic E-state index is 13.9. The number of ether oxygens (including phenoxy) is 2. The quantitative estimate of drug-likeness (QED) is 0.509. The number of methoxy groups -OCH3 is 1. The van der Waals surface area contributed by atoms with E-state index >= 15 is 0 Å². The molecule has 4 amide bonds. The summed E-state index contributed by atoms with van der Waals surface area (Å²) in [7, 11) is 1.33. The zero-order chi connectivity index (χ0) is 24.6. The van der Waals surface area contributed by atoms with E-state index in [1.807, 2.05) is 0 Å². The third-order valence-electron chi connectivity index (χ3n) is 4.43. The molecule has 2 aromatic rings. The summed E-state index contributed by atoms with van der Waals surface area (Å²) in [4.78, 5) is 37.5. The lowest BCUT2D eigenvalue weighted by molar-refractivity contribution is -0.274. The first-order valence-corrected chi connectivity index (χ1v) is 8.83. The molecule has 2 aromatic carbocycles. The Hall–Kier alpha value is -3.97. The van der Waals surface area contributed by atoms with Crippen molar-refractivity contribution in [2.45, 2.75) is 18.2 Å². The smallest absolute Gasteiger partial charge is 0.497 e. The number of carbonyl (C=O) groups excluding carboxylic acids is 3. The van der Waals surface area contributed by atoms with Gasteiger partial charge in [0.1, 0.15) is 11.5 Å². The standard InChI is InChI=1S/C19H13F6N3O5/c1-32-12-6-2-10(3-7-12)14(29)26-17(18(20,21)22)15(30)28(16(31)27-17)11-4-8-13(9-5-11)33-19(23,24)25/h2-9H,1H3,(H,26,29)(H,27,31)/t17-/m1/s1. The molecule has 0 spiro atoms. The lowest BCUT2D eigenvalue weighted by atomic mass is 10.1. The summed E-state index contributed by atoms with van der Waals surface area (Å²) in [5, 5.41) is 2.93. The summed E-state index contributed by atoms with van der Waals surface area (Å²) >= 11 is 0. The number of benzene rings is 2. The second-order valence-electron chi connectivity index (χ2n) is 6.54. The van der Waals surface area contributed by atoms with Crippen LogP contribution < -0.4 is 25.0 Å². The summed E-state index contributed by atoms with van der Waals surface area (Å²) in [6.07, 6.45) is -10.5. The number of nitrogens with zero attached hydrogens (tertiary/aromatic N) is 1. The van der Waals surface area contributed by atoms with Crippen molar-refractivity contribution >= 4 is 23.5 Å². The fourth-order valence-corrected chi connectivity index (χ4v) is 2.89. The summed E-state index contributed by atoms with van der Waals surface area (Å²) in [5.41, 5.74) is -4.58. The molecule has 2 N–H and O–H groups in total. The van der Waals surface area contributed by atoms with Crippen LogP contribution in [-0.4, -0.2) is 43.2 Å². The van der Waals surface area contributed by atoms with Crippen LogP contribution in [0.1, 0.15) is 10.4 Å². The molecular formula is C19H13F6N3O5. The maximum Gasteiger partial charge on any atom is 0.573 e. The van der Waals surface area contributed by atoms with Crippen molar-refractivity contribution in [2.24, 2.45) is 0 Å². The molecule has 8 nitrogen and oxygen atoms in total. The van der Waals surface area contributed by atoms with E-state index in [1.54, 1.807) is 0 Å². The summed E-state index contributed by atoms with van der Waals surface area (Å²) in [6.45, 7) is 0. The van der Waals surface area contributed by atoms with Gasteiger partial charge in [-0.05, 0) is 48.5 Å². The highest BCUT2D eigenvalue weighted by Gasteiger charge is 2.69. The van der Waals surface area contributed by atoms with Crippen molar-refractivity contribution in [3.63, 3.8) is 0 Å². The predicted octanol–water partition coefficient (Wildman–Crippen LogP) is 3.34. The number of hydrogen-bond donors (Lipinski definition) is 2. The van der Waals surface area contributed by atoms with E-state index in [-0.39, 0.29) is 10.5 Å². The van der Waals surface area contributed by atoms with Crippen molar-refractivity contribution in [3.05, 3.63) is 54.1 Å². The van der Waals surface area contributed by atoms with Crippen LogP contribution in [0.4, 0.5) is 36.8 Å². The van der Waals surface area contributed by atoms with Gasteiger partial charge in [-0.3, -0.25) is 14.9 Å². The van der Waals surface area contributed by atoms with Gasteiger partial charge in [0, 0.05) is 5.56 Å². The van der Waals surface area contributed by atoms with E-state index in [0.29, 0.717) is 17.9 Å². The van der Waals surface area contributed by atoms with Crippen LogP contribution in [0, 0.1) is 0 Å². The number of rotatable bonds is 5. The second-order valence-corrected chi connectivity index (χ2v) is 6.54. The summed E-state index contributed by atoms with van der Waals surface area (Å²) in [5.74, 6) is -3.66. The number of urea groups is 1. The molecule has 0 saturated carbocycles. The van der Waals surface area contributed by atoms with Gasteiger partial charge in [0.2, 0.25) is 0 Å². The van der Waals surface area contributed by atoms with E-state index in [2.05, 4.69) is 4.74 Å². The number of halogens is 6. The number of imide groups is 1. The fourth-order valence-electron chi connectivity index (χ4n) is 2.89. The molecular weight excluding hydrogens is 464 g/mol. The SMILES string of the molecule is COc1ccc(C(=O)N[C@@]2(C(F)(F)F)NC(=O)N(c3ccc(OC(F)(F)F)cc3)C2=O)cc1. The molecule has 176 valence electrons. The second kappa shape index (κ2) is 8.18. The fraction of sp³-hybridized carbons (Fsp3) is 0.211. The Bertz CT molecular complexity index is 1070. The molecule has 1 heterocycles. The molecule has 1 atom stereocenters. The highest BCUT2D eigenvalue weighted by Crippen LogP contribution is 2.36. The van der Waals surface area contributed by atoms with Crippen LogP contribution in [0.15, 0.2) is 48.5 Å². The first kappa shape index (κ1) is 23.7. The average Bonchev–Trinajstić information content (AvgIpc) is 2.98. The average molecular weight is 477 g/mol. The van der Waals surface area contributed by atoms with E-state index in [0.717, 1.165) is 24.3 Å². The third-order valence-corrected chi connectivity index (χ3v) is 4.43. The van der Waals surface area contributed by atoms with Crippen LogP contribution in [0.3, 0.4) is 0 Å². The molecule has 0 unspecified atom stereocenters. The molecule has 0 aromatic heterocycles. The topological polar surface area (TPSA) is 97.0 Å². The van der Waals surface area contributed by atoms with Gasteiger partial charge in [0.05, 0.1) is 12.8 Å². The van der Waals surface area contributed by atoms with Crippen LogP contribution in [-0.2, 0) is 4.79 Å². The number of alkyl halides is 6. The molecule has 1 aliphatic heterocycles. The van der Waals surface area contributed by atoms with Crippen molar-refractivity contribution in [1.29, 1.82) is 0 Å². The molecule has 0 aliphatic carbocycles. The van der Waals surface area contributed by atoms with Crippen molar-refractivity contribution < 1.29 is 50.2 Å². The van der Waals surface area contributed by atoms with Crippen molar-refractivity contribution in [1.82, 2.24) is 10.6 Å². The lowest BCUT2D eigenvalue weighted by Crippen LogP contribution is -2.69. The molecule has 33 heavy (non-hydrogen) atoms. The van der Waals surface area contributed by atoms with E-state index in [1.165, 1.54) is 29.9 Å². The number of carbonyl (C=O) groups is 3. The number of hydrogen-bond acceptors (Lipinski definition) is 5. The molecule has 0 bridgehead atoms. The van der Waals surface area contributed by atoms with Crippen LogP contribution in [0.25, 0.3) is 0 Å². The van der Waals surface area contributed by atoms with Gasteiger partial charge in [-0.15, -0.1) is 13.2 Å². The number of amides is 4. The van der Waals surface area contributed by atoms with Gasteiger partial charge >= 0.3 is 18.6 Å². The Morgan fingerprint density at radius 1 is 0.939 bits per heavy atom. The monoisotopic (exact) mass is 477 g/mol. The number of anilines is 1. The van der Waals surface area contributed by atoms with Gasteiger partial charge in [0.15, 0.2) is 0 Å². The van der Waals surface area contributed by atoms with Crippen molar-refractivity contribution in [3.8, 4) is 11.5 Å². The first-order chi connectivity index (χ1) is 15.3. The molecule has 0 radical (unpaired) electrons. The zero-order valence-electron chi connectivity index (χ0n) is 16.4. The molecule has 1 saturated heterocycles. The Balaban J connectivity index is 1.91. The Morgan fingerprint density at radius 2 is 1.48 bits per heavy atom. The van der Waals surface area contributed by atoms with Gasteiger partial charge < -0.3 is 14.8 Å². The van der Waals surface area contributed by atoms with Crippen molar-refractivity contribution in [2.75, 3.05) is 12.0 Å². The molecule has 1 fully saturated rings. The molecule has 14 heteroatoms. The van der Waals surface area contributed by atoms with Gasteiger partial charge in [-0.1, -0.05) is 0 Å². The minimum atomic E-state index is -5.48. The summed E-state index contributed by atoms with van der Waals surface area (Å²) < 4.78 is 87.2. The molecule has 3 rings (SSSR count). The Kier molecular flexibility index (Phi) is 5.87. The largest absolute Gasteiger partial charge is 0.573 e. The van der Waals surface area contributed by atoms with Gasteiger partial charge in [-0.25, -0.2) is 9.69 Å². The molecule has 1 aliphatic rings. The van der Waals surface area contributed by atoms with E-state index in [4.69, 9.17) is 4.74 Å². The van der Waals surface area contributed by atoms with Crippen LogP contribution in [0.5, 0.6) is 11.5 Å². The van der Waals surface area contributed by atoms with E-state index < -0.39 is 47.5 Å². The van der Waals surface area contributed by atoms with Gasteiger partial charge in [-0.2, -0.15) is 13.2 Å². The van der Waals surface area contributed by atoms with Crippen LogP contribution in [0.2, 0.25) is 0 Å². The Morgan fingerprint density at radius 3 is 1.97 bits per heavy atom. The summed E-state index contributed by atoms with van der Waals surface area (Å²) in [6, 6.07) is 6.25. The van der Waals surface area contributed by atoms with E-state index in [9.17, 15) is 40.7 Å². The highest BCUT2D eigenvalue weighted by atomic mass is 19.4. The first-order valence-electron chi connectivity index (χ1n) is 8.83. The number of nitrogens with one attached hydrogen (secondary N) is 2. The zero-order valence-corrected chi connectivity index (χ0v) is 16.4. The maximum atomic E-state index is 13.9. The van der Waals surface area contributed by atoms with Crippen LogP contribution >= 0.6 is 0 Å². The highest BCUT2D eigenvalue weighted by molar-refractivity contribution is 6.24. The minimum absolute atomic E-state index is 0.0408. The minimum Gasteiger partial charge on any atom is -0.497 e. The normalized spacial score (nSPS) is 18.7. The van der Waals surface area contributed by atoms with Gasteiger partial charge in [0.25, 0.3) is 17.5 Å². The Labute approximate surface area is 181 Å². The lowest BCUT2D eigenvalue weighted by Gasteiger charge is -2.29.